The number of aliphatic hydroxyl groups excluding tert-OH is 1. The molecule has 12 heteroatoms. The van der Waals surface area contributed by atoms with Gasteiger partial charge in [-0.15, -0.1) is 0 Å². The highest BCUT2D eigenvalue weighted by Crippen LogP contribution is 2.31. The summed E-state index contributed by atoms with van der Waals surface area (Å²) in [5, 5.41) is 21.5. The maximum atomic E-state index is 14.6. The van der Waals surface area contributed by atoms with Gasteiger partial charge in [0.2, 0.25) is 0 Å². The van der Waals surface area contributed by atoms with E-state index in [9.17, 15) is 31.9 Å². The van der Waals surface area contributed by atoms with E-state index in [4.69, 9.17) is 16.7 Å². The topological polar surface area (TPSA) is 95.3 Å². The zero-order chi connectivity index (χ0) is 25.6. The van der Waals surface area contributed by atoms with Crippen molar-refractivity contribution in [2.75, 3.05) is 5.32 Å². The monoisotopic (exact) mass is 503 g/mol. The lowest BCUT2D eigenvalue weighted by molar-refractivity contribution is -0.130. The molecule has 3 N–H and O–H groups in total. The standard InChI is InChI=1S/C19H14ClF2N3O3.C3H5F3/c1-9-16(8-26)23-7-15(24-9)10-6-17(27)11(5-14(10)22)19(28)25-18-12(20)3-2-4-13(18)21;1-2-3(4,5)6/h2-7,26-27H,8H2,1H3,(H,25,28);2H2,1H3. The molecule has 0 fully saturated rings. The predicted molar refractivity (Wildman–Crippen MR) is 115 cm³/mol. The number of amides is 1. The van der Waals surface area contributed by atoms with E-state index in [0.29, 0.717) is 11.4 Å². The van der Waals surface area contributed by atoms with Gasteiger partial charge in [-0.2, -0.15) is 13.2 Å². The van der Waals surface area contributed by atoms with Crippen LogP contribution in [-0.4, -0.2) is 32.3 Å². The Kier molecular flexibility index (Phi) is 8.88. The zero-order valence-electron chi connectivity index (χ0n) is 17.8. The second-order valence-corrected chi connectivity index (χ2v) is 7.22. The number of nitrogens with one attached hydrogen (secondary N) is 1. The Morgan fingerprint density at radius 2 is 1.82 bits per heavy atom. The zero-order valence-corrected chi connectivity index (χ0v) is 18.6. The number of alkyl halides is 3. The number of aliphatic hydroxyl groups is 1. The minimum atomic E-state index is -3.96. The molecular formula is C22H19ClF5N3O3. The molecule has 34 heavy (non-hydrogen) atoms. The number of para-hydroxylation sites is 1. The van der Waals surface area contributed by atoms with Crippen LogP contribution in [-0.2, 0) is 6.61 Å². The van der Waals surface area contributed by atoms with Gasteiger partial charge < -0.3 is 15.5 Å². The summed E-state index contributed by atoms with van der Waals surface area (Å²) in [5.41, 5.74) is 0.0853. The predicted octanol–water partition coefficient (Wildman–Crippen LogP) is 5.79. The van der Waals surface area contributed by atoms with Crippen LogP contribution in [0.15, 0.2) is 36.5 Å². The normalized spacial score (nSPS) is 11.0. The third kappa shape index (κ3) is 6.84. The van der Waals surface area contributed by atoms with Crippen LogP contribution in [0.2, 0.25) is 5.02 Å². The van der Waals surface area contributed by atoms with E-state index in [0.717, 1.165) is 25.1 Å². The van der Waals surface area contributed by atoms with Gasteiger partial charge in [-0.05, 0) is 31.2 Å². The Hall–Kier alpha value is -3.31. The van der Waals surface area contributed by atoms with Crippen molar-refractivity contribution < 1.29 is 37.0 Å². The highest BCUT2D eigenvalue weighted by molar-refractivity contribution is 6.34. The summed E-state index contributed by atoms with van der Waals surface area (Å²) < 4.78 is 60.8. The molecule has 0 aliphatic rings. The minimum absolute atomic E-state index is 0.0420. The van der Waals surface area contributed by atoms with Crippen LogP contribution >= 0.6 is 11.6 Å². The number of aromatic hydroxyl groups is 1. The third-order valence-corrected chi connectivity index (χ3v) is 4.72. The molecule has 3 aromatic rings. The molecule has 0 aliphatic carbocycles. The van der Waals surface area contributed by atoms with E-state index in [1.165, 1.54) is 18.3 Å². The van der Waals surface area contributed by atoms with Gasteiger partial charge in [0.15, 0.2) is 0 Å². The number of benzene rings is 2. The van der Waals surface area contributed by atoms with Crippen LogP contribution in [0.25, 0.3) is 11.3 Å². The summed E-state index contributed by atoms with van der Waals surface area (Å²) in [6, 6.07) is 5.67. The molecule has 0 saturated heterocycles. The van der Waals surface area contributed by atoms with Crippen molar-refractivity contribution in [3.63, 3.8) is 0 Å². The highest BCUT2D eigenvalue weighted by atomic mass is 35.5. The van der Waals surface area contributed by atoms with Crippen LogP contribution in [0.5, 0.6) is 5.75 Å². The maximum Gasteiger partial charge on any atom is 0.388 e. The number of hydrogen-bond donors (Lipinski definition) is 3. The Bertz CT molecular complexity index is 1170. The largest absolute Gasteiger partial charge is 0.507 e. The third-order valence-electron chi connectivity index (χ3n) is 4.41. The van der Waals surface area contributed by atoms with Gasteiger partial charge in [0.05, 0.1) is 46.2 Å². The number of nitrogens with zero attached hydrogens (tertiary/aromatic N) is 2. The number of phenolic OH excluding ortho intramolecular Hbond substituents is 1. The molecule has 182 valence electrons. The summed E-state index contributed by atoms with van der Waals surface area (Å²) in [6.07, 6.45) is -3.44. The average Bonchev–Trinajstić information content (AvgIpc) is 2.77. The number of carbonyl (C=O) groups is 1. The maximum absolute atomic E-state index is 14.6. The summed E-state index contributed by atoms with van der Waals surface area (Å²) in [5.74, 6) is -3.08. The molecule has 0 atom stereocenters. The Morgan fingerprint density at radius 3 is 2.35 bits per heavy atom. The Labute approximate surface area is 196 Å². The summed E-state index contributed by atoms with van der Waals surface area (Å²) in [7, 11) is 0. The van der Waals surface area contributed by atoms with Crippen molar-refractivity contribution >= 4 is 23.2 Å². The van der Waals surface area contributed by atoms with E-state index in [2.05, 4.69) is 15.3 Å². The molecule has 0 unspecified atom stereocenters. The van der Waals surface area contributed by atoms with Crippen molar-refractivity contribution in [2.45, 2.75) is 33.1 Å². The molecule has 2 aromatic carbocycles. The van der Waals surface area contributed by atoms with Crippen LogP contribution in [0.1, 0.15) is 35.1 Å². The Balaban J connectivity index is 0.000000604. The number of anilines is 1. The van der Waals surface area contributed by atoms with Crippen LogP contribution in [0, 0.1) is 18.6 Å². The lowest BCUT2D eigenvalue weighted by atomic mass is 10.1. The van der Waals surface area contributed by atoms with Gasteiger partial charge in [0.25, 0.3) is 5.91 Å². The quantitative estimate of drug-likeness (QED) is 0.392. The smallest absolute Gasteiger partial charge is 0.388 e. The lowest BCUT2D eigenvalue weighted by Gasteiger charge is -2.12. The second-order valence-electron chi connectivity index (χ2n) is 6.81. The van der Waals surface area contributed by atoms with Crippen LogP contribution < -0.4 is 5.32 Å². The van der Waals surface area contributed by atoms with Gasteiger partial charge in [0.1, 0.15) is 17.4 Å². The first-order valence-electron chi connectivity index (χ1n) is 9.66. The van der Waals surface area contributed by atoms with Gasteiger partial charge in [-0.25, -0.2) is 13.8 Å². The minimum Gasteiger partial charge on any atom is -0.507 e. The van der Waals surface area contributed by atoms with Gasteiger partial charge in [-0.1, -0.05) is 24.6 Å². The van der Waals surface area contributed by atoms with E-state index < -0.39 is 41.5 Å². The van der Waals surface area contributed by atoms with Crippen LogP contribution in [0.4, 0.5) is 27.6 Å². The fourth-order valence-electron chi connectivity index (χ4n) is 2.53. The van der Waals surface area contributed by atoms with Crippen LogP contribution in [0.3, 0.4) is 0 Å². The first-order valence-corrected chi connectivity index (χ1v) is 10.0. The van der Waals surface area contributed by atoms with E-state index in [1.807, 2.05) is 0 Å². The number of aromatic nitrogens is 2. The number of phenols is 1. The number of halogens is 6. The van der Waals surface area contributed by atoms with E-state index in [-0.39, 0.29) is 28.6 Å². The summed E-state index contributed by atoms with van der Waals surface area (Å²) in [4.78, 5) is 20.5. The lowest BCUT2D eigenvalue weighted by Crippen LogP contribution is -2.14. The molecule has 0 bridgehead atoms. The summed E-state index contributed by atoms with van der Waals surface area (Å²) >= 11 is 5.85. The summed E-state index contributed by atoms with van der Waals surface area (Å²) in [6.45, 7) is 2.37. The second kappa shape index (κ2) is 11.2. The highest BCUT2D eigenvalue weighted by Gasteiger charge is 2.22. The number of carbonyl (C=O) groups excluding carboxylic acids is 1. The number of aryl methyl sites for hydroxylation is 1. The van der Waals surface area contributed by atoms with E-state index in [1.54, 1.807) is 6.92 Å². The van der Waals surface area contributed by atoms with Crippen molar-refractivity contribution in [3.8, 4) is 17.0 Å². The average molecular weight is 504 g/mol. The fourth-order valence-corrected chi connectivity index (χ4v) is 2.74. The molecule has 1 heterocycles. The van der Waals surface area contributed by atoms with Crippen molar-refractivity contribution in [1.29, 1.82) is 0 Å². The number of rotatable bonds is 4. The van der Waals surface area contributed by atoms with Gasteiger partial charge in [0, 0.05) is 12.0 Å². The van der Waals surface area contributed by atoms with Gasteiger partial charge >= 0.3 is 6.18 Å². The van der Waals surface area contributed by atoms with Crippen molar-refractivity contribution in [2.24, 2.45) is 0 Å². The molecule has 1 aromatic heterocycles. The Morgan fingerprint density at radius 1 is 1.18 bits per heavy atom. The molecular weight excluding hydrogens is 485 g/mol. The van der Waals surface area contributed by atoms with Crippen molar-refractivity contribution in [3.05, 3.63) is 70.1 Å². The molecule has 0 aliphatic heterocycles. The first-order chi connectivity index (χ1) is 15.9. The molecule has 0 saturated carbocycles. The van der Waals surface area contributed by atoms with Crippen molar-refractivity contribution in [1.82, 2.24) is 9.97 Å². The molecule has 0 spiro atoms. The SMILES string of the molecule is CCC(F)(F)F.Cc1nc(-c2cc(O)c(C(=O)Nc3c(F)cccc3Cl)cc2F)cnc1CO. The fraction of sp³-hybridized carbons (Fsp3) is 0.227. The van der Waals surface area contributed by atoms with E-state index >= 15 is 0 Å². The number of hydrogen-bond acceptors (Lipinski definition) is 5. The molecule has 6 nitrogen and oxygen atoms in total. The first kappa shape index (κ1) is 26.9. The molecule has 0 radical (unpaired) electrons. The molecule has 3 rings (SSSR count). The molecule has 1 amide bonds. The van der Waals surface area contributed by atoms with Gasteiger partial charge in [-0.3, -0.25) is 9.78 Å².